The highest BCUT2D eigenvalue weighted by atomic mass is 16.6. The Labute approximate surface area is 87.3 Å². The number of ether oxygens (including phenoxy) is 2. The Bertz CT molecular complexity index is 464. The van der Waals surface area contributed by atoms with Crippen molar-refractivity contribution in [3.63, 3.8) is 0 Å². The molecule has 2 atom stereocenters. The number of esters is 1. The summed E-state index contributed by atoms with van der Waals surface area (Å²) in [6.45, 7) is 0. The topological polar surface area (TPSA) is 35.5 Å². The normalized spacial score (nSPS) is 30.3. The van der Waals surface area contributed by atoms with Crippen molar-refractivity contribution in [2.24, 2.45) is 0 Å². The zero-order valence-corrected chi connectivity index (χ0v) is 8.27. The first-order valence-electron chi connectivity index (χ1n) is 4.83. The van der Waals surface area contributed by atoms with Crippen LogP contribution < -0.4 is 0 Å². The summed E-state index contributed by atoms with van der Waals surface area (Å²) in [6.07, 6.45) is 3.59. The van der Waals surface area contributed by atoms with Crippen molar-refractivity contribution in [2.75, 3.05) is 7.11 Å². The first-order chi connectivity index (χ1) is 7.28. The van der Waals surface area contributed by atoms with Crippen molar-refractivity contribution in [1.29, 1.82) is 0 Å². The number of rotatable bonds is 1. The minimum Gasteiger partial charge on any atom is -0.466 e. The summed E-state index contributed by atoms with van der Waals surface area (Å²) >= 11 is 0. The summed E-state index contributed by atoms with van der Waals surface area (Å²) in [5, 5.41) is 0. The van der Waals surface area contributed by atoms with E-state index in [1.807, 2.05) is 30.3 Å². The van der Waals surface area contributed by atoms with Gasteiger partial charge in [-0.05, 0) is 11.6 Å². The smallest absolute Gasteiger partial charge is 0.347 e. The highest BCUT2D eigenvalue weighted by Gasteiger charge is 2.52. The van der Waals surface area contributed by atoms with Crippen LogP contribution in [0, 0.1) is 0 Å². The lowest BCUT2D eigenvalue weighted by Gasteiger charge is -2.20. The molecule has 0 saturated heterocycles. The van der Waals surface area contributed by atoms with Gasteiger partial charge in [0, 0.05) is 5.56 Å². The highest BCUT2D eigenvalue weighted by Crippen LogP contribution is 2.50. The summed E-state index contributed by atoms with van der Waals surface area (Å²) in [5.41, 5.74) is 0.977. The van der Waals surface area contributed by atoms with Gasteiger partial charge in [-0.2, -0.15) is 0 Å². The van der Waals surface area contributed by atoms with E-state index in [-0.39, 0.29) is 12.1 Å². The summed E-state index contributed by atoms with van der Waals surface area (Å²) in [4.78, 5) is 11.8. The van der Waals surface area contributed by atoms with Gasteiger partial charge in [-0.25, -0.2) is 4.79 Å². The highest BCUT2D eigenvalue weighted by molar-refractivity contribution is 5.86. The zero-order chi connectivity index (χ0) is 10.5. The van der Waals surface area contributed by atoms with E-state index >= 15 is 0 Å². The summed E-state index contributed by atoms with van der Waals surface area (Å²) < 4.78 is 10.5. The molecule has 0 spiro atoms. The van der Waals surface area contributed by atoms with Crippen LogP contribution >= 0.6 is 0 Å². The van der Waals surface area contributed by atoms with E-state index in [0.29, 0.717) is 0 Å². The fourth-order valence-corrected chi connectivity index (χ4v) is 2.28. The number of hydrogen-bond donors (Lipinski definition) is 0. The zero-order valence-electron chi connectivity index (χ0n) is 8.27. The maximum atomic E-state index is 11.8. The Kier molecular flexibility index (Phi) is 1.56. The van der Waals surface area contributed by atoms with Crippen molar-refractivity contribution in [3.05, 3.63) is 47.5 Å². The third-order valence-electron chi connectivity index (χ3n) is 2.97. The Morgan fingerprint density at radius 1 is 1.47 bits per heavy atom. The molecule has 0 N–H and O–H groups in total. The lowest BCUT2D eigenvalue weighted by Crippen LogP contribution is -2.33. The van der Waals surface area contributed by atoms with E-state index in [4.69, 9.17) is 9.47 Å². The predicted octanol–water partition coefficient (Wildman–Crippen LogP) is 1.70. The molecular formula is C12H10O3. The Morgan fingerprint density at radius 2 is 2.27 bits per heavy atom. The fourth-order valence-electron chi connectivity index (χ4n) is 2.28. The van der Waals surface area contributed by atoms with Gasteiger partial charge in [0.2, 0.25) is 5.60 Å². The Balaban J connectivity index is 2.20. The molecule has 0 radical (unpaired) electrons. The van der Waals surface area contributed by atoms with Crippen LogP contribution in [0.5, 0.6) is 0 Å². The first-order valence-corrected chi connectivity index (χ1v) is 4.83. The van der Waals surface area contributed by atoms with Gasteiger partial charge in [-0.15, -0.1) is 0 Å². The first kappa shape index (κ1) is 8.68. The SMILES string of the molecule is COC(=O)[C@]12C=C[C@@H](O1)c1ccccc12. The molecule has 0 aliphatic carbocycles. The van der Waals surface area contributed by atoms with Crippen LogP contribution in [-0.2, 0) is 19.9 Å². The average Bonchev–Trinajstić information content (AvgIpc) is 2.86. The molecule has 76 valence electrons. The molecule has 3 heteroatoms. The Morgan fingerprint density at radius 3 is 3.07 bits per heavy atom. The van der Waals surface area contributed by atoms with Gasteiger partial charge in [-0.1, -0.05) is 30.3 Å². The lowest BCUT2D eigenvalue weighted by molar-refractivity contribution is -0.162. The molecule has 1 aromatic carbocycles. The molecule has 3 nitrogen and oxygen atoms in total. The van der Waals surface area contributed by atoms with Crippen LogP contribution in [0.4, 0.5) is 0 Å². The number of carbonyl (C=O) groups excluding carboxylic acids is 1. The lowest BCUT2D eigenvalue weighted by atomic mass is 9.87. The standard InChI is InChI=1S/C12H10O3/c1-14-11(13)12-7-6-10(15-12)8-4-2-3-5-9(8)12/h2-7,10H,1H3/t10-,12-/m1/s1. The van der Waals surface area contributed by atoms with Gasteiger partial charge < -0.3 is 9.47 Å². The molecule has 0 unspecified atom stereocenters. The van der Waals surface area contributed by atoms with Crippen molar-refractivity contribution in [3.8, 4) is 0 Å². The van der Waals surface area contributed by atoms with Crippen LogP contribution in [0.1, 0.15) is 17.2 Å². The number of carbonyl (C=O) groups is 1. The van der Waals surface area contributed by atoms with Gasteiger partial charge in [0.15, 0.2) is 0 Å². The molecule has 3 rings (SSSR count). The second-order valence-corrected chi connectivity index (χ2v) is 3.71. The van der Waals surface area contributed by atoms with Crippen molar-refractivity contribution < 1.29 is 14.3 Å². The third-order valence-corrected chi connectivity index (χ3v) is 2.97. The van der Waals surface area contributed by atoms with Crippen LogP contribution in [-0.4, -0.2) is 13.1 Å². The second-order valence-electron chi connectivity index (χ2n) is 3.71. The van der Waals surface area contributed by atoms with Gasteiger partial charge in [0.25, 0.3) is 0 Å². The van der Waals surface area contributed by atoms with Crippen LogP contribution in [0.2, 0.25) is 0 Å². The van der Waals surface area contributed by atoms with E-state index < -0.39 is 5.60 Å². The van der Waals surface area contributed by atoms with Gasteiger partial charge in [0.1, 0.15) is 6.10 Å². The van der Waals surface area contributed by atoms with E-state index in [0.717, 1.165) is 11.1 Å². The summed E-state index contributed by atoms with van der Waals surface area (Å²) in [5.74, 6) is -0.355. The van der Waals surface area contributed by atoms with Gasteiger partial charge >= 0.3 is 5.97 Å². The maximum absolute atomic E-state index is 11.8. The number of fused-ring (bicyclic) bond motifs is 5. The molecule has 0 saturated carbocycles. The number of hydrogen-bond acceptors (Lipinski definition) is 3. The number of methoxy groups -OCH3 is 1. The van der Waals surface area contributed by atoms with E-state index in [1.54, 1.807) is 6.08 Å². The van der Waals surface area contributed by atoms with Crippen LogP contribution in [0.3, 0.4) is 0 Å². The molecule has 1 aromatic rings. The second kappa shape index (κ2) is 2.70. The molecule has 0 aromatic heterocycles. The van der Waals surface area contributed by atoms with E-state index in [9.17, 15) is 4.79 Å². The number of benzene rings is 1. The molecule has 2 aliphatic heterocycles. The van der Waals surface area contributed by atoms with Gasteiger partial charge in [-0.3, -0.25) is 0 Å². The molecule has 0 amide bonds. The molecule has 2 bridgehead atoms. The quantitative estimate of drug-likeness (QED) is 0.513. The third kappa shape index (κ3) is 0.908. The summed E-state index contributed by atoms with van der Waals surface area (Å²) in [7, 11) is 1.38. The van der Waals surface area contributed by atoms with Crippen LogP contribution in [0.15, 0.2) is 36.4 Å². The summed E-state index contributed by atoms with van der Waals surface area (Å²) in [6, 6.07) is 7.74. The average molecular weight is 202 g/mol. The molecule has 0 fully saturated rings. The Hall–Kier alpha value is -1.61. The van der Waals surface area contributed by atoms with E-state index in [2.05, 4.69) is 0 Å². The predicted molar refractivity (Wildman–Crippen MR) is 53.1 cm³/mol. The fraction of sp³-hybridized carbons (Fsp3) is 0.250. The van der Waals surface area contributed by atoms with Gasteiger partial charge in [0.05, 0.1) is 7.11 Å². The maximum Gasteiger partial charge on any atom is 0.347 e. The van der Waals surface area contributed by atoms with Crippen molar-refractivity contribution in [2.45, 2.75) is 11.7 Å². The largest absolute Gasteiger partial charge is 0.466 e. The van der Waals surface area contributed by atoms with E-state index in [1.165, 1.54) is 7.11 Å². The molecule has 15 heavy (non-hydrogen) atoms. The minimum atomic E-state index is -0.990. The molecule has 2 aliphatic rings. The van der Waals surface area contributed by atoms with Crippen molar-refractivity contribution >= 4 is 5.97 Å². The monoisotopic (exact) mass is 202 g/mol. The molecule has 2 heterocycles. The minimum absolute atomic E-state index is 0.0969. The van der Waals surface area contributed by atoms with Crippen molar-refractivity contribution in [1.82, 2.24) is 0 Å². The van der Waals surface area contributed by atoms with Crippen LogP contribution in [0.25, 0.3) is 0 Å². The molecular weight excluding hydrogens is 192 g/mol.